The SMILES string of the molecule is O=C(NCc1ccc(F)cc1)C1CCCN1C(=O)c1cccs1. The number of hydrogen-bond donors (Lipinski definition) is 1. The van der Waals surface area contributed by atoms with E-state index in [1.54, 1.807) is 23.1 Å². The first-order valence-corrected chi connectivity index (χ1v) is 8.40. The van der Waals surface area contributed by atoms with Gasteiger partial charge in [-0.1, -0.05) is 18.2 Å². The van der Waals surface area contributed by atoms with Crippen LogP contribution in [0.1, 0.15) is 28.1 Å². The van der Waals surface area contributed by atoms with Gasteiger partial charge in [0.2, 0.25) is 5.91 Å². The molecule has 23 heavy (non-hydrogen) atoms. The van der Waals surface area contributed by atoms with Gasteiger partial charge in [0.05, 0.1) is 4.88 Å². The molecule has 0 bridgehead atoms. The molecule has 1 fully saturated rings. The molecular formula is C17H17FN2O2S. The predicted molar refractivity (Wildman–Crippen MR) is 86.6 cm³/mol. The molecule has 0 radical (unpaired) electrons. The Morgan fingerprint density at radius 1 is 1.26 bits per heavy atom. The molecule has 1 N–H and O–H groups in total. The zero-order valence-electron chi connectivity index (χ0n) is 12.5. The molecule has 1 aromatic carbocycles. The molecule has 2 heterocycles. The van der Waals surface area contributed by atoms with Gasteiger partial charge in [0.1, 0.15) is 11.9 Å². The summed E-state index contributed by atoms with van der Waals surface area (Å²) in [5, 5.41) is 4.69. The molecule has 0 spiro atoms. The molecule has 0 aliphatic carbocycles. The van der Waals surface area contributed by atoms with Crippen molar-refractivity contribution < 1.29 is 14.0 Å². The smallest absolute Gasteiger partial charge is 0.264 e. The van der Waals surface area contributed by atoms with Gasteiger partial charge in [-0.05, 0) is 42.0 Å². The molecule has 1 aliphatic rings. The van der Waals surface area contributed by atoms with Crippen LogP contribution in [0.5, 0.6) is 0 Å². The number of benzene rings is 1. The maximum absolute atomic E-state index is 12.9. The molecule has 2 aromatic rings. The third-order valence-corrected chi connectivity index (χ3v) is 4.79. The minimum Gasteiger partial charge on any atom is -0.350 e. The predicted octanol–water partition coefficient (Wildman–Crippen LogP) is 2.81. The fourth-order valence-corrected chi connectivity index (χ4v) is 3.41. The summed E-state index contributed by atoms with van der Waals surface area (Å²) in [5.41, 5.74) is 0.828. The van der Waals surface area contributed by atoms with Gasteiger partial charge < -0.3 is 10.2 Å². The van der Waals surface area contributed by atoms with Gasteiger partial charge in [0, 0.05) is 13.1 Å². The van der Waals surface area contributed by atoms with Crippen LogP contribution in [0.4, 0.5) is 4.39 Å². The Kier molecular flexibility index (Phi) is 4.71. The quantitative estimate of drug-likeness (QED) is 0.936. The van der Waals surface area contributed by atoms with Crippen LogP contribution in [0.3, 0.4) is 0 Å². The molecule has 0 saturated carbocycles. The van der Waals surface area contributed by atoms with Gasteiger partial charge in [-0.15, -0.1) is 11.3 Å². The third-order valence-electron chi connectivity index (χ3n) is 3.93. The van der Waals surface area contributed by atoms with Crippen molar-refractivity contribution in [2.24, 2.45) is 0 Å². The summed E-state index contributed by atoms with van der Waals surface area (Å²) in [4.78, 5) is 27.1. The van der Waals surface area contributed by atoms with Gasteiger partial charge in [-0.2, -0.15) is 0 Å². The number of thiophene rings is 1. The number of carbonyl (C=O) groups excluding carboxylic acids is 2. The Morgan fingerprint density at radius 2 is 2.04 bits per heavy atom. The summed E-state index contributed by atoms with van der Waals surface area (Å²) >= 11 is 1.38. The summed E-state index contributed by atoms with van der Waals surface area (Å²) in [7, 11) is 0. The lowest BCUT2D eigenvalue weighted by molar-refractivity contribution is -0.125. The van der Waals surface area contributed by atoms with Crippen molar-refractivity contribution in [1.29, 1.82) is 0 Å². The number of rotatable bonds is 4. The van der Waals surface area contributed by atoms with Crippen molar-refractivity contribution in [2.75, 3.05) is 6.54 Å². The van der Waals surface area contributed by atoms with Crippen LogP contribution in [-0.4, -0.2) is 29.3 Å². The Morgan fingerprint density at radius 3 is 2.74 bits per heavy atom. The standard InChI is InChI=1S/C17H17FN2O2S/c18-13-7-5-12(6-8-13)11-19-16(21)14-3-1-9-20(14)17(22)15-4-2-10-23-15/h2,4-8,10,14H,1,3,9,11H2,(H,19,21). The van der Waals surface area contributed by atoms with Gasteiger partial charge in [-0.25, -0.2) is 4.39 Å². The van der Waals surface area contributed by atoms with Crippen LogP contribution in [0.15, 0.2) is 41.8 Å². The van der Waals surface area contributed by atoms with Crippen LogP contribution in [0, 0.1) is 5.82 Å². The summed E-state index contributed by atoms with van der Waals surface area (Å²) in [6, 6.07) is 9.19. The largest absolute Gasteiger partial charge is 0.350 e. The van der Waals surface area contributed by atoms with Crippen LogP contribution in [0.25, 0.3) is 0 Å². The number of nitrogens with zero attached hydrogens (tertiary/aromatic N) is 1. The van der Waals surface area contributed by atoms with Crippen LogP contribution in [0.2, 0.25) is 0 Å². The van der Waals surface area contributed by atoms with Crippen LogP contribution < -0.4 is 5.32 Å². The highest BCUT2D eigenvalue weighted by Gasteiger charge is 2.34. The molecule has 1 atom stereocenters. The van der Waals surface area contributed by atoms with E-state index in [4.69, 9.17) is 0 Å². The molecule has 6 heteroatoms. The summed E-state index contributed by atoms with van der Waals surface area (Å²) in [6.07, 6.45) is 1.50. The highest BCUT2D eigenvalue weighted by molar-refractivity contribution is 7.12. The van der Waals surface area contributed by atoms with Crippen LogP contribution >= 0.6 is 11.3 Å². The Bertz CT molecular complexity index is 685. The number of amides is 2. The monoisotopic (exact) mass is 332 g/mol. The second-order valence-electron chi connectivity index (χ2n) is 5.48. The van der Waals surface area contributed by atoms with Gasteiger partial charge >= 0.3 is 0 Å². The van der Waals surface area contributed by atoms with Crippen molar-refractivity contribution in [3.05, 3.63) is 58.0 Å². The van der Waals surface area contributed by atoms with E-state index in [2.05, 4.69) is 5.32 Å². The first kappa shape index (κ1) is 15.7. The minimum absolute atomic E-state index is 0.0839. The van der Waals surface area contributed by atoms with E-state index >= 15 is 0 Å². The Balaban J connectivity index is 1.61. The lowest BCUT2D eigenvalue weighted by Crippen LogP contribution is -2.45. The molecule has 4 nitrogen and oxygen atoms in total. The number of likely N-dealkylation sites (tertiary alicyclic amines) is 1. The van der Waals surface area contributed by atoms with Gasteiger partial charge in [-0.3, -0.25) is 9.59 Å². The summed E-state index contributed by atoms with van der Waals surface area (Å²) in [6.45, 7) is 0.933. The van der Waals surface area contributed by atoms with E-state index in [0.29, 0.717) is 24.4 Å². The average molecular weight is 332 g/mol. The molecular weight excluding hydrogens is 315 g/mol. The van der Waals surface area contributed by atoms with Crippen molar-refractivity contribution >= 4 is 23.2 Å². The van der Waals surface area contributed by atoms with Crippen molar-refractivity contribution in [3.8, 4) is 0 Å². The third kappa shape index (κ3) is 3.59. The molecule has 1 aliphatic heterocycles. The van der Waals surface area contributed by atoms with Crippen molar-refractivity contribution in [1.82, 2.24) is 10.2 Å². The van der Waals surface area contributed by atoms with Crippen molar-refractivity contribution in [2.45, 2.75) is 25.4 Å². The number of hydrogen-bond acceptors (Lipinski definition) is 3. The molecule has 2 amide bonds. The fraction of sp³-hybridized carbons (Fsp3) is 0.294. The van der Waals surface area contributed by atoms with Crippen LogP contribution in [-0.2, 0) is 11.3 Å². The Labute approximate surface area is 137 Å². The van der Waals surface area contributed by atoms with Gasteiger partial charge in [0.25, 0.3) is 5.91 Å². The van der Waals surface area contributed by atoms with E-state index in [1.807, 2.05) is 11.4 Å². The van der Waals surface area contributed by atoms with E-state index in [1.165, 1.54) is 23.5 Å². The first-order chi connectivity index (χ1) is 11.1. The summed E-state index contributed by atoms with van der Waals surface area (Å²) < 4.78 is 12.9. The number of halogens is 1. The van der Waals surface area contributed by atoms with Gasteiger partial charge in [0.15, 0.2) is 0 Å². The second kappa shape index (κ2) is 6.91. The molecule has 1 saturated heterocycles. The topological polar surface area (TPSA) is 49.4 Å². The zero-order valence-corrected chi connectivity index (χ0v) is 13.3. The number of carbonyl (C=O) groups is 2. The lowest BCUT2D eigenvalue weighted by atomic mass is 10.2. The molecule has 1 aromatic heterocycles. The first-order valence-electron chi connectivity index (χ1n) is 7.52. The maximum atomic E-state index is 12.9. The fourth-order valence-electron chi connectivity index (χ4n) is 2.73. The second-order valence-corrected chi connectivity index (χ2v) is 6.43. The zero-order chi connectivity index (χ0) is 16.2. The average Bonchev–Trinajstić information content (AvgIpc) is 3.24. The summed E-state index contributed by atoms with van der Waals surface area (Å²) in [5.74, 6) is -0.542. The Hall–Kier alpha value is -2.21. The highest BCUT2D eigenvalue weighted by atomic mass is 32.1. The van der Waals surface area contributed by atoms with E-state index in [9.17, 15) is 14.0 Å². The minimum atomic E-state index is -0.426. The molecule has 1 unspecified atom stereocenters. The molecule has 120 valence electrons. The number of nitrogens with one attached hydrogen (secondary N) is 1. The van der Waals surface area contributed by atoms with Crippen molar-refractivity contribution in [3.63, 3.8) is 0 Å². The van der Waals surface area contributed by atoms with E-state index in [0.717, 1.165) is 12.0 Å². The maximum Gasteiger partial charge on any atom is 0.264 e. The lowest BCUT2D eigenvalue weighted by Gasteiger charge is -2.23. The van der Waals surface area contributed by atoms with E-state index < -0.39 is 6.04 Å². The normalized spacial score (nSPS) is 17.3. The van der Waals surface area contributed by atoms with E-state index in [-0.39, 0.29) is 17.6 Å². The highest BCUT2D eigenvalue weighted by Crippen LogP contribution is 2.22. The molecule has 3 rings (SSSR count).